The van der Waals surface area contributed by atoms with Crippen LogP contribution in [0, 0.1) is 5.41 Å². The molecule has 0 saturated carbocycles. The van der Waals surface area contributed by atoms with Crippen molar-refractivity contribution in [2.45, 2.75) is 32.6 Å². The quantitative estimate of drug-likeness (QED) is 0.669. The van der Waals surface area contributed by atoms with Crippen LogP contribution in [0.4, 0.5) is 0 Å². The normalized spacial score (nSPS) is 24.6. The summed E-state index contributed by atoms with van der Waals surface area (Å²) in [7, 11) is 0. The van der Waals surface area contributed by atoms with E-state index in [0.717, 1.165) is 38.9 Å². The van der Waals surface area contributed by atoms with E-state index in [-0.39, 0.29) is 11.3 Å². The Balaban J connectivity index is 2.22. The van der Waals surface area contributed by atoms with E-state index < -0.39 is 0 Å². The van der Waals surface area contributed by atoms with Gasteiger partial charge >= 0.3 is 0 Å². The minimum absolute atomic E-state index is 0.125. The van der Waals surface area contributed by atoms with Gasteiger partial charge in [-0.05, 0) is 44.2 Å². The Morgan fingerprint density at radius 2 is 2.31 bits per heavy atom. The fourth-order valence-corrected chi connectivity index (χ4v) is 2.65. The summed E-state index contributed by atoms with van der Waals surface area (Å²) in [5.74, 6) is 1.44. The molecule has 0 aromatic rings. The number of carbonyl (C=O) groups excluding carboxylic acids is 1. The van der Waals surface area contributed by atoms with Crippen LogP contribution in [0.3, 0.4) is 0 Å². The van der Waals surface area contributed by atoms with E-state index in [1.807, 2.05) is 11.8 Å². The zero-order valence-corrected chi connectivity index (χ0v) is 11.3. The van der Waals surface area contributed by atoms with Crippen LogP contribution in [0.25, 0.3) is 0 Å². The lowest BCUT2D eigenvalue weighted by Gasteiger charge is -2.25. The van der Waals surface area contributed by atoms with Crippen molar-refractivity contribution in [3.05, 3.63) is 0 Å². The molecule has 1 fully saturated rings. The van der Waals surface area contributed by atoms with Crippen LogP contribution in [0.5, 0.6) is 0 Å². The highest BCUT2D eigenvalue weighted by Crippen LogP contribution is 2.29. The van der Waals surface area contributed by atoms with Crippen LogP contribution in [0.15, 0.2) is 0 Å². The van der Waals surface area contributed by atoms with E-state index in [9.17, 15) is 4.79 Å². The maximum Gasteiger partial charge on any atom is 0.227 e. The number of hydrogen-bond acceptors (Lipinski definition) is 3. The van der Waals surface area contributed by atoms with Gasteiger partial charge in [-0.25, -0.2) is 0 Å². The van der Waals surface area contributed by atoms with Gasteiger partial charge in [0.2, 0.25) is 5.91 Å². The van der Waals surface area contributed by atoms with Crippen LogP contribution in [0.1, 0.15) is 32.6 Å². The minimum atomic E-state index is -0.125. The molecule has 1 saturated heterocycles. The summed E-state index contributed by atoms with van der Waals surface area (Å²) >= 11 is 1.87. The molecular formula is C12H24N2OS. The predicted octanol–water partition coefficient (Wildman–Crippen LogP) is 1.64. The fraction of sp³-hybridized carbons (Fsp3) is 0.917. The largest absolute Gasteiger partial charge is 0.356 e. The van der Waals surface area contributed by atoms with Gasteiger partial charge < -0.3 is 10.6 Å². The van der Waals surface area contributed by atoms with Gasteiger partial charge in [-0.1, -0.05) is 6.92 Å². The lowest BCUT2D eigenvalue weighted by molar-refractivity contribution is -0.130. The van der Waals surface area contributed by atoms with Gasteiger partial charge in [0.1, 0.15) is 0 Å². The van der Waals surface area contributed by atoms with Crippen LogP contribution in [-0.2, 0) is 4.79 Å². The predicted molar refractivity (Wildman–Crippen MR) is 70.8 cm³/mol. The third-order valence-corrected chi connectivity index (χ3v) is 4.16. The number of hydrogen-bond donors (Lipinski definition) is 2. The molecule has 0 bridgehead atoms. The van der Waals surface area contributed by atoms with Crippen LogP contribution >= 0.6 is 11.8 Å². The van der Waals surface area contributed by atoms with Gasteiger partial charge in [0.05, 0.1) is 5.41 Å². The first kappa shape index (κ1) is 13.8. The van der Waals surface area contributed by atoms with E-state index in [1.165, 1.54) is 12.2 Å². The van der Waals surface area contributed by atoms with Crippen molar-refractivity contribution in [1.82, 2.24) is 10.6 Å². The lowest BCUT2D eigenvalue weighted by atomic mass is 9.83. The standard InChI is InChI=1S/C12H24N2OS/c1-3-12(6-8-13-10-12)11(15)14-7-4-5-9-16-2/h13H,3-10H2,1-2H3,(H,14,15). The summed E-state index contributed by atoms with van der Waals surface area (Å²) in [6.07, 6.45) is 6.34. The minimum Gasteiger partial charge on any atom is -0.356 e. The maximum atomic E-state index is 12.1. The van der Waals surface area contributed by atoms with Gasteiger partial charge in [0, 0.05) is 13.1 Å². The van der Waals surface area contributed by atoms with Gasteiger partial charge in [-0.3, -0.25) is 4.79 Å². The van der Waals surface area contributed by atoms with E-state index in [1.54, 1.807) is 0 Å². The Morgan fingerprint density at radius 3 is 2.88 bits per heavy atom. The third kappa shape index (κ3) is 3.67. The van der Waals surface area contributed by atoms with E-state index >= 15 is 0 Å². The highest BCUT2D eigenvalue weighted by Gasteiger charge is 2.38. The molecule has 94 valence electrons. The highest BCUT2D eigenvalue weighted by molar-refractivity contribution is 7.98. The van der Waals surface area contributed by atoms with Crippen molar-refractivity contribution < 1.29 is 4.79 Å². The molecule has 1 heterocycles. The monoisotopic (exact) mass is 244 g/mol. The van der Waals surface area contributed by atoms with Gasteiger partial charge in [-0.15, -0.1) is 0 Å². The third-order valence-electron chi connectivity index (χ3n) is 3.46. The van der Waals surface area contributed by atoms with Crippen LogP contribution in [0.2, 0.25) is 0 Å². The topological polar surface area (TPSA) is 41.1 Å². The van der Waals surface area contributed by atoms with Crippen molar-refractivity contribution >= 4 is 17.7 Å². The zero-order chi connectivity index (χ0) is 11.9. The number of unbranched alkanes of at least 4 members (excludes halogenated alkanes) is 1. The van der Waals surface area contributed by atoms with Crippen molar-refractivity contribution in [3.8, 4) is 0 Å². The lowest BCUT2D eigenvalue weighted by Crippen LogP contribution is -2.42. The molecule has 0 radical (unpaired) electrons. The molecule has 3 nitrogen and oxygen atoms in total. The average molecular weight is 244 g/mol. The number of rotatable bonds is 7. The van der Waals surface area contributed by atoms with E-state index in [0.29, 0.717) is 0 Å². The molecule has 0 aromatic carbocycles. The molecule has 4 heteroatoms. The summed E-state index contributed by atoms with van der Waals surface area (Å²) in [6, 6.07) is 0. The smallest absolute Gasteiger partial charge is 0.227 e. The molecular weight excluding hydrogens is 220 g/mol. The summed E-state index contributed by atoms with van der Waals surface area (Å²) in [6.45, 7) is 4.77. The zero-order valence-electron chi connectivity index (χ0n) is 10.5. The molecule has 1 aliphatic rings. The SMILES string of the molecule is CCC1(C(=O)NCCCCSC)CCNC1. The van der Waals surface area contributed by atoms with Gasteiger partial charge in [0.25, 0.3) is 0 Å². The summed E-state index contributed by atoms with van der Waals surface area (Å²) in [5, 5.41) is 6.38. The molecule has 16 heavy (non-hydrogen) atoms. The molecule has 0 aliphatic carbocycles. The number of nitrogens with one attached hydrogen (secondary N) is 2. The van der Waals surface area contributed by atoms with Crippen LogP contribution < -0.4 is 10.6 Å². The molecule has 1 unspecified atom stereocenters. The molecule has 1 aliphatic heterocycles. The highest BCUT2D eigenvalue weighted by atomic mass is 32.2. The van der Waals surface area contributed by atoms with E-state index in [4.69, 9.17) is 0 Å². The Bertz CT molecular complexity index is 215. The van der Waals surface area contributed by atoms with Crippen molar-refractivity contribution in [2.75, 3.05) is 31.6 Å². The first-order chi connectivity index (χ1) is 7.75. The summed E-state index contributed by atoms with van der Waals surface area (Å²) in [5.41, 5.74) is -0.125. The molecule has 2 N–H and O–H groups in total. The summed E-state index contributed by atoms with van der Waals surface area (Å²) < 4.78 is 0. The Labute approximate surface area is 103 Å². The number of amides is 1. The number of carbonyl (C=O) groups is 1. The summed E-state index contributed by atoms with van der Waals surface area (Å²) in [4.78, 5) is 12.1. The average Bonchev–Trinajstić information content (AvgIpc) is 2.78. The van der Waals surface area contributed by atoms with Crippen molar-refractivity contribution in [1.29, 1.82) is 0 Å². The molecule has 1 atom stereocenters. The van der Waals surface area contributed by atoms with Gasteiger partial charge in [-0.2, -0.15) is 11.8 Å². The first-order valence-corrected chi connectivity index (χ1v) is 7.62. The Hall–Kier alpha value is -0.220. The fourth-order valence-electron chi connectivity index (χ4n) is 2.16. The van der Waals surface area contributed by atoms with Crippen LogP contribution in [-0.4, -0.2) is 37.6 Å². The molecule has 1 rings (SSSR count). The Morgan fingerprint density at radius 1 is 1.50 bits per heavy atom. The first-order valence-electron chi connectivity index (χ1n) is 6.23. The second-order valence-corrected chi connectivity index (χ2v) is 5.50. The molecule has 0 aromatic heterocycles. The Kier molecular flexibility index (Phi) is 6.21. The number of thioether (sulfide) groups is 1. The van der Waals surface area contributed by atoms with Crippen molar-refractivity contribution in [2.24, 2.45) is 5.41 Å². The molecule has 0 spiro atoms. The van der Waals surface area contributed by atoms with E-state index in [2.05, 4.69) is 23.8 Å². The maximum absolute atomic E-state index is 12.1. The second-order valence-electron chi connectivity index (χ2n) is 4.52. The molecule has 1 amide bonds. The van der Waals surface area contributed by atoms with Crippen molar-refractivity contribution in [3.63, 3.8) is 0 Å². The second kappa shape index (κ2) is 7.17. The van der Waals surface area contributed by atoms with Gasteiger partial charge in [0.15, 0.2) is 0 Å².